The number of rotatable bonds is 6. The molecule has 8 nitrogen and oxygen atoms in total. The number of hydrogen-bond donors (Lipinski definition) is 0. The predicted octanol–water partition coefficient (Wildman–Crippen LogP) is 13.4. The maximum atomic E-state index is 6.07. The second kappa shape index (κ2) is 13.9. The van der Waals surface area contributed by atoms with Crippen molar-refractivity contribution in [2.45, 2.75) is 0 Å². The number of aromatic nitrogens is 7. The Kier molecular flexibility index (Phi) is 7.74. The standard InChI is InChI=1S/C55H33N7O/c1-3-13-34(14-4-1)53-58-54(35-15-5-2-6-16-35)60-55(59-53)62-46-21-10-7-17-39(46)41-27-24-37(33-48(41)62)36-25-28-47-42(31-36)40-18-8-9-20-45(40)61(47)51-23-11-19-44(57-51)38-26-29-49-43(32-38)52-50(63-49)22-12-30-56-52/h1-33H. The minimum absolute atomic E-state index is 0.564. The Hall–Kier alpha value is -8.75. The molecule has 0 aliphatic carbocycles. The molecule has 63 heavy (non-hydrogen) atoms. The van der Waals surface area contributed by atoms with E-state index in [4.69, 9.17) is 24.4 Å². The third-order valence-corrected chi connectivity index (χ3v) is 12.1. The summed E-state index contributed by atoms with van der Waals surface area (Å²) in [6.07, 6.45) is 1.80. The van der Waals surface area contributed by atoms with Crippen LogP contribution in [0, 0.1) is 0 Å². The van der Waals surface area contributed by atoms with E-state index in [1.165, 1.54) is 0 Å². The number of benzene rings is 7. The van der Waals surface area contributed by atoms with Crippen LogP contribution >= 0.6 is 0 Å². The van der Waals surface area contributed by atoms with E-state index >= 15 is 0 Å². The van der Waals surface area contributed by atoms with Crippen LogP contribution in [0.2, 0.25) is 0 Å². The van der Waals surface area contributed by atoms with Crippen molar-refractivity contribution >= 4 is 65.7 Å². The van der Waals surface area contributed by atoms with Crippen molar-refractivity contribution in [3.63, 3.8) is 0 Å². The highest BCUT2D eigenvalue weighted by atomic mass is 16.3. The summed E-state index contributed by atoms with van der Waals surface area (Å²) in [5, 5.41) is 5.52. The van der Waals surface area contributed by atoms with Gasteiger partial charge in [0.15, 0.2) is 17.2 Å². The Morgan fingerprint density at radius 1 is 0.349 bits per heavy atom. The quantitative estimate of drug-likeness (QED) is 0.166. The van der Waals surface area contributed by atoms with Crippen LogP contribution in [-0.2, 0) is 0 Å². The molecule has 0 saturated heterocycles. The summed E-state index contributed by atoms with van der Waals surface area (Å²) < 4.78 is 10.5. The molecule has 13 rings (SSSR count). The highest BCUT2D eigenvalue weighted by Gasteiger charge is 2.20. The number of fused-ring (bicyclic) bond motifs is 9. The van der Waals surface area contributed by atoms with E-state index in [1.54, 1.807) is 6.20 Å². The van der Waals surface area contributed by atoms with E-state index in [-0.39, 0.29) is 0 Å². The third kappa shape index (κ3) is 5.66. The molecule has 7 aromatic carbocycles. The topological polar surface area (TPSA) is 87.5 Å². The first-order chi connectivity index (χ1) is 31.2. The van der Waals surface area contributed by atoms with E-state index in [0.29, 0.717) is 17.6 Å². The van der Waals surface area contributed by atoms with E-state index in [9.17, 15) is 0 Å². The van der Waals surface area contributed by atoms with Gasteiger partial charge in [-0.2, -0.15) is 9.97 Å². The van der Waals surface area contributed by atoms with Gasteiger partial charge in [-0.3, -0.25) is 14.1 Å². The van der Waals surface area contributed by atoms with Gasteiger partial charge < -0.3 is 4.42 Å². The molecule has 0 atom stereocenters. The van der Waals surface area contributed by atoms with Crippen molar-refractivity contribution in [1.82, 2.24) is 34.1 Å². The van der Waals surface area contributed by atoms with Crippen molar-refractivity contribution in [3.8, 4) is 56.9 Å². The number of furan rings is 1. The Bertz CT molecular complexity index is 3870. The first-order valence-electron chi connectivity index (χ1n) is 20.9. The second-order valence-electron chi connectivity index (χ2n) is 15.7. The molecule has 0 amide bonds. The zero-order valence-corrected chi connectivity index (χ0v) is 33.6. The molecule has 0 aliphatic rings. The van der Waals surface area contributed by atoms with Gasteiger partial charge in [-0.1, -0.05) is 121 Å². The second-order valence-corrected chi connectivity index (χ2v) is 15.7. The highest BCUT2D eigenvalue weighted by Crippen LogP contribution is 2.39. The van der Waals surface area contributed by atoms with Gasteiger partial charge >= 0.3 is 0 Å². The fraction of sp³-hybridized carbons (Fsp3) is 0. The number of para-hydroxylation sites is 2. The molecule has 6 aromatic heterocycles. The molecule has 0 saturated carbocycles. The minimum Gasteiger partial charge on any atom is -0.454 e. The molecule has 294 valence electrons. The van der Waals surface area contributed by atoms with Gasteiger partial charge in [-0.25, -0.2) is 9.97 Å². The fourth-order valence-corrected chi connectivity index (χ4v) is 9.13. The van der Waals surface area contributed by atoms with Crippen LogP contribution in [0.5, 0.6) is 0 Å². The molecular weight excluding hydrogens is 775 g/mol. The molecule has 0 radical (unpaired) electrons. The number of pyridine rings is 2. The summed E-state index contributed by atoms with van der Waals surface area (Å²) in [5.74, 6) is 2.64. The van der Waals surface area contributed by atoms with Crippen LogP contribution in [0.25, 0.3) is 123 Å². The first kappa shape index (κ1) is 35.0. The van der Waals surface area contributed by atoms with Gasteiger partial charge in [0, 0.05) is 49.8 Å². The third-order valence-electron chi connectivity index (χ3n) is 12.1. The van der Waals surface area contributed by atoms with Gasteiger partial charge in [0.05, 0.1) is 27.8 Å². The summed E-state index contributed by atoms with van der Waals surface area (Å²) >= 11 is 0. The molecule has 0 N–H and O–H groups in total. The van der Waals surface area contributed by atoms with Crippen molar-refractivity contribution in [1.29, 1.82) is 0 Å². The van der Waals surface area contributed by atoms with E-state index in [2.05, 4.69) is 129 Å². The van der Waals surface area contributed by atoms with Crippen molar-refractivity contribution < 1.29 is 4.42 Å². The Morgan fingerprint density at radius 2 is 0.968 bits per heavy atom. The van der Waals surface area contributed by atoms with Gasteiger partial charge in [-0.05, 0) is 83.9 Å². The molecule has 0 bridgehead atoms. The lowest BCUT2D eigenvalue weighted by Gasteiger charge is -2.11. The average Bonchev–Trinajstić information content (AvgIpc) is 4.01. The Balaban J connectivity index is 0.961. The fourth-order valence-electron chi connectivity index (χ4n) is 9.13. The summed E-state index contributed by atoms with van der Waals surface area (Å²) in [6.45, 7) is 0. The Morgan fingerprint density at radius 3 is 1.75 bits per heavy atom. The average molecular weight is 808 g/mol. The number of hydrogen-bond acceptors (Lipinski definition) is 6. The normalized spacial score (nSPS) is 11.8. The molecular formula is C55H33N7O. The largest absolute Gasteiger partial charge is 0.454 e. The molecule has 0 spiro atoms. The van der Waals surface area contributed by atoms with Crippen LogP contribution in [-0.4, -0.2) is 34.1 Å². The van der Waals surface area contributed by atoms with Crippen LogP contribution in [0.4, 0.5) is 0 Å². The molecule has 6 heterocycles. The monoisotopic (exact) mass is 807 g/mol. The van der Waals surface area contributed by atoms with Crippen molar-refractivity contribution in [3.05, 3.63) is 200 Å². The minimum atomic E-state index is 0.564. The zero-order valence-electron chi connectivity index (χ0n) is 33.6. The maximum absolute atomic E-state index is 6.07. The molecule has 0 unspecified atom stereocenters. The Labute approximate surface area is 360 Å². The van der Waals surface area contributed by atoms with Crippen LogP contribution in [0.1, 0.15) is 0 Å². The number of nitrogens with zero attached hydrogens (tertiary/aromatic N) is 7. The predicted molar refractivity (Wildman–Crippen MR) is 253 cm³/mol. The van der Waals surface area contributed by atoms with Gasteiger partial charge in [0.25, 0.3) is 0 Å². The molecule has 13 aromatic rings. The maximum Gasteiger partial charge on any atom is 0.238 e. The smallest absolute Gasteiger partial charge is 0.238 e. The zero-order chi connectivity index (χ0) is 41.4. The summed E-state index contributed by atoms with van der Waals surface area (Å²) in [5.41, 5.74) is 12.5. The van der Waals surface area contributed by atoms with Crippen LogP contribution in [0.15, 0.2) is 205 Å². The van der Waals surface area contributed by atoms with Gasteiger partial charge in [0.1, 0.15) is 16.9 Å². The summed E-state index contributed by atoms with van der Waals surface area (Å²) in [4.78, 5) is 25.2. The summed E-state index contributed by atoms with van der Waals surface area (Å²) in [6, 6.07) is 67.0. The van der Waals surface area contributed by atoms with Gasteiger partial charge in [-0.15, -0.1) is 0 Å². The van der Waals surface area contributed by atoms with Crippen molar-refractivity contribution in [2.24, 2.45) is 0 Å². The van der Waals surface area contributed by atoms with Crippen molar-refractivity contribution in [2.75, 3.05) is 0 Å². The van der Waals surface area contributed by atoms with E-state index in [1.807, 2.05) is 78.9 Å². The molecule has 8 heteroatoms. The van der Waals surface area contributed by atoms with E-state index in [0.717, 1.165) is 105 Å². The molecule has 0 fully saturated rings. The lowest BCUT2D eigenvalue weighted by molar-refractivity contribution is 0.668. The van der Waals surface area contributed by atoms with Gasteiger partial charge in [0.2, 0.25) is 5.95 Å². The first-order valence-corrected chi connectivity index (χ1v) is 20.9. The van der Waals surface area contributed by atoms with Crippen LogP contribution < -0.4 is 0 Å². The molecule has 0 aliphatic heterocycles. The SMILES string of the molecule is c1ccc(-c2nc(-c3ccccc3)nc(-n3c4ccccc4c4ccc(-c5ccc6c(c5)c5ccccc5n6-c5cccc(-c6ccc7oc8cccnc8c7c6)n5)cc43)n2)cc1. The van der Waals surface area contributed by atoms with E-state index < -0.39 is 0 Å². The lowest BCUT2D eigenvalue weighted by Crippen LogP contribution is -2.06. The van der Waals surface area contributed by atoms with Crippen LogP contribution in [0.3, 0.4) is 0 Å². The summed E-state index contributed by atoms with van der Waals surface area (Å²) in [7, 11) is 0. The lowest BCUT2D eigenvalue weighted by atomic mass is 10.0. The highest BCUT2D eigenvalue weighted by molar-refractivity contribution is 6.12.